The Morgan fingerprint density at radius 1 is 1.20 bits per heavy atom. The van der Waals surface area contributed by atoms with Gasteiger partial charge in [0, 0.05) is 32.2 Å². The summed E-state index contributed by atoms with van der Waals surface area (Å²) in [5.41, 5.74) is 1.02. The van der Waals surface area contributed by atoms with E-state index >= 15 is 0 Å². The zero-order chi connectivity index (χ0) is 13.9. The molecule has 4 heteroatoms. The van der Waals surface area contributed by atoms with Gasteiger partial charge < -0.3 is 10.4 Å². The molecule has 1 heterocycles. The second kappa shape index (κ2) is 6.10. The smallest absolute Gasteiger partial charge is 0.165 e. The second-order valence-electron chi connectivity index (χ2n) is 5.99. The Hall–Kier alpha value is -1.13. The standard InChI is InChI=1S/C16H23FN2O/c17-14-11-13(5-6-15(14)20)16(12-3-1-2-4-12)19-9-7-18-8-10-19/h5-6,11-12,16,18,20H,1-4,7-10H2/t16-/m0/s1. The van der Waals surface area contributed by atoms with Crippen LogP contribution in [0.4, 0.5) is 4.39 Å². The Kier molecular flexibility index (Phi) is 4.22. The van der Waals surface area contributed by atoms with Crippen molar-refractivity contribution >= 4 is 0 Å². The summed E-state index contributed by atoms with van der Waals surface area (Å²) in [4.78, 5) is 2.48. The SMILES string of the molecule is Oc1ccc([C@H](C2CCCC2)N2CCNCC2)cc1F. The molecule has 1 saturated carbocycles. The molecule has 1 aromatic rings. The third-order valence-corrected chi connectivity index (χ3v) is 4.70. The van der Waals surface area contributed by atoms with Crippen LogP contribution in [0.5, 0.6) is 5.75 Å². The summed E-state index contributed by atoms with van der Waals surface area (Å²) in [7, 11) is 0. The van der Waals surface area contributed by atoms with Crippen LogP contribution in [0.3, 0.4) is 0 Å². The summed E-state index contributed by atoms with van der Waals surface area (Å²) in [5, 5.41) is 12.8. The molecule has 2 N–H and O–H groups in total. The van der Waals surface area contributed by atoms with Gasteiger partial charge in [0.15, 0.2) is 11.6 Å². The van der Waals surface area contributed by atoms with Gasteiger partial charge in [0.25, 0.3) is 0 Å². The van der Waals surface area contributed by atoms with E-state index in [0.717, 1.165) is 31.7 Å². The number of nitrogens with one attached hydrogen (secondary N) is 1. The van der Waals surface area contributed by atoms with Gasteiger partial charge in [0.05, 0.1) is 0 Å². The number of hydrogen-bond donors (Lipinski definition) is 2. The zero-order valence-electron chi connectivity index (χ0n) is 11.8. The van der Waals surface area contributed by atoms with E-state index in [0.29, 0.717) is 12.0 Å². The lowest BCUT2D eigenvalue weighted by Gasteiger charge is -2.38. The number of nitrogens with zero attached hydrogens (tertiary/aromatic N) is 1. The van der Waals surface area contributed by atoms with Crippen LogP contribution in [-0.4, -0.2) is 36.2 Å². The molecule has 1 aliphatic carbocycles. The van der Waals surface area contributed by atoms with E-state index in [1.165, 1.54) is 37.8 Å². The van der Waals surface area contributed by atoms with E-state index in [1.807, 2.05) is 6.07 Å². The van der Waals surface area contributed by atoms with Crippen LogP contribution < -0.4 is 5.32 Å². The molecule has 20 heavy (non-hydrogen) atoms. The molecule has 3 nitrogen and oxygen atoms in total. The summed E-state index contributed by atoms with van der Waals surface area (Å²) in [6.07, 6.45) is 5.04. The van der Waals surface area contributed by atoms with Crippen molar-refractivity contribution in [1.29, 1.82) is 0 Å². The summed E-state index contributed by atoms with van der Waals surface area (Å²) in [6, 6.07) is 5.22. The summed E-state index contributed by atoms with van der Waals surface area (Å²) >= 11 is 0. The third kappa shape index (κ3) is 2.81. The molecule has 1 atom stereocenters. The second-order valence-corrected chi connectivity index (χ2v) is 5.99. The Labute approximate surface area is 119 Å². The van der Waals surface area contributed by atoms with Crippen LogP contribution in [0.25, 0.3) is 0 Å². The highest BCUT2D eigenvalue weighted by atomic mass is 19.1. The van der Waals surface area contributed by atoms with Gasteiger partial charge in [-0.25, -0.2) is 4.39 Å². The average Bonchev–Trinajstić information content (AvgIpc) is 2.98. The quantitative estimate of drug-likeness (QED) is 0.892. The molecule has 0 bridgehead atoms. The van der Waals surface area contributed by atoms with Crippen molar-refractivity contribution in [2.45, 2.75) is 31.7 Å². The molecule has 1 aromatic carbocycles. The lowest BCUT2D eigenvalue weighted by molar-refractivity contribution is 0.125. The Morgan fingerprint density at radius 3 is 2.55 bits per heavy atom. The minimum Gasteiger partial charge on any atom is -0.505 e. The highest BCUT2D eigenvalue weighted by Crippen LogP contribution is 2.40. The number of benzene rings is 1. The summed E-state index contributed by atoms with van der Waals surface area (Å²) in [6.45, 7) is 4.04. The topological polar surface area (TPSA) is 35.5 Å². The molecule has 0 amide bonds. The average molecular weight is 278 g/mol. The molecule has 110 valence electrons. The normalized spacial score (nSPS) is 23.1. The first-order chi connectivity index (χ1) is 9.75. The van der Waals surface area contributed by atoms with Crippen molar-refractivity contribution in [3.63, 3.8) is 0 Å². The number of rotatable bonds is 3. The van der Waals surface area contributed by atoms with Gasteiger partial charge in [-0.15, -0.1) is 0 Å². The molecule has 0 radical (unpaired) electrons. The highest BCUT2D eigenvalue weighted by molar-refractivity contribution is 5.30. The maximum Gasteiger partial charge on any atom is 0.165 e. The predicted molar refractivity (Wildman–Crippen MR) is 77.2 cm³/mol. The van der Waals surface area contributed by atoms with E-state index in [1.54, 1.807) is 0 Å². The lowest BCUT2D eigenvalue weighted by Crippen LogP contribution is -2.46. The van der Waals surface area contributed by atoms with Gasteiger partial charge in [0.2, 0.25) is 0 Å². The minimum absolute atomic E-state index is 0.251. The Bertz CT molecular complexity index is 454. The van der Waals surface area contributed by atoms with E-state index in [9.17, 15) is 9.50 Å². The third-order valence-electron chi connectivity index (χ3n) is 4.70. The van der Waals surface area contributed by atoms with Crippen molar-refractivity contribution in [3.05, 3.63) is 29.6 Å². The highest BCUT2D eigenvalue weighted by Gasteiger charge is 2.32. The van der Waals surface area contributed by atoms with Crippen molar-refractivity contribution in [1.82, 2.24) is 10.2 Å². The molecule has 2 fully saturated rings. The van der Waals surface area contributed by atoms with Gasteiger partial charge in [-0.3, -0.25) is 4.90 Å². The van der Waals surface area contributed by atoms with Crippen LogP contribution in [-0.2, 0) is 0 Å². The van der Waals surface area contributed by atoms with Crippen LogP contribution in [0.2, 0.25) is 0 Å². The van der Waals surface area contributed by atoms with Gasteiger partial charge in [-0.05, 0) is 36.5 Å². The first-order valence-corrected chi connectivity index (χ1v) is 7.69. The molecule has 1 saturated heterocycles. The van der Waals surface area contributed by atoms with Crippen molar-refractivity contribution < 1.29 is 9.50 Å². The van der Waals surface area contributed by atoms with Gasteiger partial charge in [0.1, 0.15) is 0 Å². The first-order valence-electron chi connectivity index (χ1n) is 7.69. The van der Waals surface area contributed by atoms with Crippen molar-refractivity contribution in [2.75, 3.05) is 26.2 Å². The number of phenols is 1. The van der Waals surface area contributed by atoms with Crippen molar-refractivity contribution in [2.24, 2.45) is 5.92 Å². The van der Waals surface area contributed by atoms with Crippen molar-refractivity contribution in [3.8, 4) is 5.75 Å². The van der Waals surface area contributed by atoms with Gasteiger partial charge in [-0.1, -0.05) is 18.9 Å². The fourth-order valence-electron chi connectivity index (χ4n) is 3.72. The van der Waals surface area contributed by atoms with Gasteiger partial charge >= 0.3 is 0 Å². The molecular weight excluding hydrogens is 255 g/mol. The molecular formula is C16H23FN2O. The Morgan fingerprint density at radius 2 is 1.90 bits per heavy atom. The first kappa shape index (κ1) is 13.8. The molecule has 2 aliphatic rings. The van der Waals surface area contributed by atoms with E-state index in [-0.39, 0.29) is 5.75 Å². The molecule has 0 spiro atoms. The fourth-order valence-corrected chi connectivity index (χ4v) is 3.72. The summed E-state index contributed by atoms with van der Waals surface area (Å²) < 4.78 is 13.7. The summed E-state index contributed by atoms with van der Waals surface area (Å²) in [5.74, 6) is -0.128. The van der Waals surface area contributed by atoms with E-state index in [4.69, 9.17) is 0 Å². The Balaban J connectivity index is 1.88. The number of hydrogen-bond acceptors (Lipinski definition) is 3. The monoisotopic (exact) mass is 278 g/mol. The minimum atomic E-state index is -0.499. The van der Waals surface area contributed by atoms with Crippen LogP contribution in [0, 0.1) is 11.7 Å². The number of halogens is 1. The zero-order valence-corrected chi connectivity index (χ0v) is 11.8. The number of aromatic hydroxyl groups is 1. The largest absolute Gasteiger partial charge is 0.505 e. The van der Waals surface area contributed by atoms with Crippen LogP contribution in [0.1, 0.15) is 37.3 Å². The number of phenolic OH excluding ortho intramolecular Hbond substituents is 1. The van der Waals surface area contributed by atoms with Crippen LogP contribution in [0.15, 0.2) is 18.2 Å². The maximum absolute atomic E-state index is 13.7. The lowest BCUT2D eigenvalue weighted by atomic mass is 9.89. The fraction of sp³-hybridized carbons (Fsp3) is 0.625. The maximum atomic E-state index is 13.7. The van der Waals surface area contributed by atoms with Crippen LogP contribution >= 0.6 is 0 Å². The molecule has 3 rings (SSSR count). The molecule has 0 unspecified atom stereocenters. The predicted octanol–water partition coefficient (Wildman–Crippen LogP) is 2.67. The molecule has 0 aromatic heterocycles. The van der Waals surface area contributed by atoms with Gasteiger partial charge in [-0.2, -0.15) is 0 Å². The van der Waals surface area contributed by atoms with E-state index in [2.05, 4.69) is 10.2 Å². The molecule has 1 aliphatic heterocycles. The van der Waals surface area contributed by atoms with E-state index < -0.39 is 5.82 Å². The number of piperazine rings is 1.